The number of methoxy groups -OCH3 is 1. The van der Waals surface area contributed by atoms with E-state index in [9.17, 15) is 9.59 Å². The highest BCUT2D eigenvalue weighted by Gasteiger charge is 2.27. The first-order valence-corrected chi connectivity index (χ1v) is 5.39. The Bertz CT molecular complexity index is 320. The Morgan fingerprint density at radius 2 is 2.25 bits per heavy atom. The van der Waals surface area contributed by atoms with Crippen LogP contribution in [0.1, 0.15) is 19.8 Å². The molecule has 0 radical (unpaired) electrons. The van der Waals surface area contributed by atoms with Crippen LogP contribution in [0.25, 0.3) is 0 Å². The van der Waals surface area contributed by atoms with Gasteiger partial charge in [-0.05, 0) is 6.42 Å². The molecule has 0 saturated carbocycles. The van der Waals surface area contributed by atoms with Crippen LogP contribution < -0.4 is 5.32 Å². The third-order valence-corrected chi connectivity index (χ3v) is 2.60. The van der Waals surface area contributed by atoms with Crippen LogP contribution in [0.2, 0.25) is 0 Å². The standard InChI is InChI=1S/C12H17NO3/c1-3-10(14)11(13-12(15)16-2)9-7-5-4-6-8-9/h4-7,9,11H,3,8H2,1-2H3,(H,13,15)/t9?,11-/m0/s1. The Kier molecular flexibility index (Phi) is 4.76. The van der Waals surface area contributed by atoms with Gasteiger partial charge in [0.2, 0.25) is 0 Å². The van der Waals surface area contributed by atoms with Gasteiger partial charge in [0.25, 0.3) is 0 Å². The summed E-state index contributed by atoms with van der Waals surface area (Å²) in [5, 5.41) is 2.59. The monoisotopic (exact) mass is 223 g/mol. The van der Waals surface area contributed by atoms with Crippen LogP contribution in [0.5, 0.6) is 0 Å². The number of ketones is 1. The minimum atomic E-state index is -0.560. The van der Waals surface area contributed by atoms with Crippen LogP contribution in [0.15, 0.2) is 24.3 Å². The number of nitrogens with one attached hydrogen (secondary N) is 1. The van der Waals surface area contributed by atoms with Crippen LogP contribution in [-0.2, 0) is 9.53 Å². The van der Waals surface area contributed by atoms with Crippen molar-refractivity contribution in [2.24, 2.45) is 5.92 Å². The van der Waals surface area contributed by atoms with E-state index < -0.39 is 12.1 Å². The third-order valence-electron chi connectivity index (χ3n) is 2.60. The van der Waals surface area contributed by atoms with Gasteiger partial charge in [0.05, 0.1) is 13.2 Å². The molecule has 2 atom stereocenters. The van der Waals surface area contributed by atoms with E-state index in [1.807, 2.05) is 24.3 Å². The lowest BCUT2D eigenvalue weighted by molar-refractivity contribution is -0.121. The number of ether oxygens (including phenoxy) is 1. The topological polar surface area (TPSA) is 55.4 Å². The number of hydrogen-bond donors (Lipinski definition) is 1. The lowest BCUT2D eigenvalue weighted by Crippen LogP contribution is -2.45. The molecule has 1 aliphatic rings. The van der Waals surface area contributed by atoms with Crippen molar-refractivity contribution in [2.75, 3.05) is 7.11 Å². The highest BCUT2D eigenvalue weighted by molar-refractivity contribution is 5.87. The van der Waals surface area contributed by atoms with E-state index in [1.165, 1.54) is 7.11 Å². The lowest BCUT2D eigenvalue weighted by Gasteiger charge is -2.24. The number of allylic oxidation sites excluding steroid dienone is 3. The second-order valence-electron chi connectivity index (χ2n) is 3.65. The van der Waals surface area contributed by atoms with Gasteiger partial charge in [-0.2, -0.15) is 0 Å². The first kappa shape index (κ1) is 12.5. The molecule has 0 fully saturated rings. The zero-order valence-electron chi connectivity index (χ0n) is 9.60. The number of carbonyl (C=O) groups excluding carboxylic acids is 2. The molecule has 4 heteroatoms. The molecule has 16 heavy (non-hydrogen) atoms. The highest BCUT2D eigenvalue weighted by atomic mass is 16.5. The molecule has 0 aromatic carbocycles. The summed E-state index contributed by atoms with van der Waals surface area (Å²) in [7, 11) is 1.29. The number of rotatable bonds is 4. The normalized spacial score (nSPS) is 20.2. The highest BCUT2D eigenvalue weighted by Crippen LogP contribution is 2.17. The van der Waals surface area contributed by atoms with Crippen LogP contribution in [0.3, 0.4) is 0 Å². The van der Waals surface area contributed by atoms with Gasteiger partial charge in [0.15, 0.2) is 5.78 Å². The van der Waals surface area contributed by atoms with Crippen molar-refractivity contribution >= 4 is 11.9 Å². The molecular formula is C12H17NO3. The number of alkyl carbamates (subject to hydrolysis) is 1. The molecule has 1 N–H and O–H groups in total. The molecular weight excluding hydrogens is 206 g/mol. The fourth-order valence-electron chi connectivity index (χ4n) is 1.68. The molecule has 1 unspecified atom stereocenters. The molecule has 0 aromatic rings. The van der Waals surface area contributed by atoms with Gasteiger partial charge in [-0.3, -0.25) is 4.79 Å². The average molecular weight is 223 g/mol. The van der Waals surface area contributed by atoms with Crippen molar-refractivity contribution in [3.8, 4) is 0 Å². The Morgan fingerprint density at radius 3 is 2.75 bits per heavy atom. The molecule has 1 rings (SSSR count). The van der Waals surface area contributed by atoms with Gasteiger partial charge in [0, 0.05) is 12.3 Å². The summed E-state index contributed by atoms with van der Waals surface area (Å²) in [6.45, 7) is 1.79. The van der Waals surface area contributed by atoms with Gasteiger partial charge < -0.3 is 10.1 Å². The summed E-state index contributed by atoms with van der Waals surface area (Å²) in [6, 6.07) is -0.487. The molecule has 4 nitrogen and oxygen atoms in total. The van der Waals surface area contributed by atoms with Gasteiger partial charge in [0.1, 0.15) is 0 Å². The Balaban J connectivity index is 2.70. The largest absolute Gasteiger partial charge is 0.453 e. The van der Waals surface area contributed by atoms with Crippen LogP contribution in [-0.4, -0.2) is 25.0 Å². The van der Waals surface area contributed by atoms with E-state index in [2.05, 4.69) is 10.1 Å². The molecule has 0 saturated heterocycles. The molecule has 88 valence electrons. The maximum absolute atomic E-state index is 11.7. The van der Waals surface area contributed by atoms with E-state index in [4.69, 9.17) is 0 Å². The predicted molar refractivity (Wildman–Crippen MR) is 61.0 cm³/mol. The Morgan fingerprint density at radius 1 is 1.50 bits per heavy atom. The molecule has 0 spiro atoms. The summed E-state index contributed by atoms with van der Waals surface area (Å²) >= 11 is 0. The molecule has 0 heterocycles. The maximum atomic E-state index is 11.7. The van der Waals surface area contributed by atoms with Crippen LogP contribution in [0.4, 0.5) is 4.79 Å². The fourth-order valence-corrected chi connectivity index (χ4v) is 1.68. The van der Waals surface area contributed by atoms with Crippen molar-refractivity contribution in [1.29, 1.82) is 0 Å². The minimum absolute atomic E-state index is 0.0235. The molecule has 0 aromatic heterocycles. The average Bonchev–Trinajstić information content (AvgIpc) is 2.35. The summed E-state index contributed by atoms with van der Waals surface area (Å²) < 4.78 is 4.52. The number of amides is 1. The van der Waals surface area contributed by atoms with E-state index in [1.54, 1.807) is 6.92 Å². The lowest BCUT2D eigenvalue weighted by atomic mass is 9.89. The van der Waals surface area contributed by atoms with Crippen LogP contribution in [0, 0.1) is 5.92 Å². The number of Topliss-reactive ketones (excluding diaryl/α,β-unsaturated/α-hetero) is 1. The van der Waals surface area contributed by atoms with E-state index in [0.29, 0.717) is 6.42 Å². The molecule has 1 amide bonds. The van der Waals surface area contributed by atoms with Gasteiger partial charge in [-0.1, -0.05) is 31.2 Å². The van der Waals surface area contributed by atoms with Crippen molar-refractivity contribution < 1.29 is 14.3 Å². The van der Waals surface area contributed by atoms with Gasteiger partial charge in [-0.15, -0.1) is 0 Å². The fraction of sp³-hybridized carbons (Fsp3) is 0.500. The van der Waals surface area contributed by atoms with Crippen molar-refractivity contribution in [3.05, 3.63) is 24.3 Å². The van der Waals surface area contributed by atoms with E-state index in [0.717, 1.165) is 6.42 Å². The molecule has 1 aliphatic carbocycles. The van der Waals surface area contributed by atoms with Gasteiger partial charge >= 0.3 is 6.09 Å². The van der Waals surface area contributed by atoms with Gasteiger partial charge in [-0.25, -0.2) is 4.79 Å². The van der Waals surface area contributed by atoms with E-state index in [-0.39, 0.29) is 11.7 Å². The Hall–Kier alpha value is -1.58. The summed E-state index contributed by atoms with van der Waals surface area (Å²) in [6.07, 6.45) is 8.35. The SMILES string of the molecule is CCC(=O)[C@@H](NC(=O)OC)C1C=CC=CC1. The summed E-state index contributed by atoms with van der Waals surface area (Å²) in [5.74, 6) is 0.0481. The summed E-state index contributed by atoms with van der Waals surface area (Å²) in [5.41, 5.74) is 0. The number of hydrogen-bond acceptors (Lipinski definition) is 3. The predicted octanol–water partition coefficient (Wildman–Crippen LogP) is 1.82. The maximum Gasteiger partial charge on any atom is 0.407 e. The zero-order chi connectivity index (χ0) is 12.0. The van der Waals surface area contributed by atoms with Crippen molar-refractivity contribution in [1.82, 2.24) is 5.32 Å². The quantitative estimate of drug-likeness (QED) is 0.791. The first-order chi connectivity index (χ1) is 7.69. The van der Waals surface area contributed by atoms with Crippen LogP contribution >= 0.6 is 0 Å². The Labute approximate surface area is 95.4 Å². The minimum Gasteiger partial charge on any atom is -0.453 e. The number of carbonyl (C=O) groups is 2. The third kappa shape index (κ3) is 3.22. The second-order valence-corrected chi connectivity index (χ2v) is 3.65. The molecule has 0 aliphatic heterocycles. The molecule has 0 bridgehead atoms. The van der Waals surface area contributed by atoms with E-state index >= 15 is 0 Å². The van der Waals surface area contributed by atoms with Crippen molar-refractivity contribution in [3.63, 3.8) is 0 Å². The summed E-state index contributed by atoms with van der Waals surface area (Å²) in [4.78, 5) is 22.9. The smallest absolute Gasteiger partial charge is 0.407 e. The first-order valence-electron chi connectivity index (χ1n) is 5.39. The van der Waals surface area contributed by atoms with Crippen molar-refractivity contribution in [2.45, 2.75) is 25.8 Å². The second kappa shape index (κ2) is 6.10. The zero-order valence-corrected chi connectivity index (χ0v) is 9.60.